The standard InChI is InChI=1S/C61H119NO5/c1-3-5-7-9-11-13-15-17-18-23-26-30-33-37-41-45-49-53-59(64)58(57-63)62-60(65)54-50-46-42-38-34-31-27-24-21-19-20-22-25-28-32-36-40-44-48-52-56-67-61(66)55-51-47-43-39-35-29-16-14-12-10-8-6-4-2/h14,16,58-59,63-64H,3-13,15,17-57H2,1-2H3,(H,62,65)/b16-14-. The highest BCUT2D eigenvalue weighted by Gasteiger charge is 2.20. The lowest BCUT2D eigenvalue weighted by Crippen LogP contribution is -2.45. The molecule has 398 valence electrons. The number of nitrogens with one attached hydrogen (secondary N) is 1. The van der Waals surface area contributed by atoms with Gasteiger partial charge in [0.2, 0.25) is 5.91 Å². The van der Waals surface area contributed by atoms with Gasteiger partial charge in [0.15, 0.2) is 0 Å². The zero-order chi connectivity index (χ0) is 48.6. The molecule has 0 aromatic carbocycles. The van der Waals surface area contributed by atoms with Crippen molar-refractivity contribution >= 4 is 11.9 Å². The third-order valence-electron chi connectivity index (χ3n) is 14.3. The Hall–Kier alpha value is -1.40. The molecule has 6 heteroatoms. The number of unbranched alkanes of at least 4 members (excludes halogenated alkanes) is 44. The number of hydrogen-bond acceptors (Lipinski definition) is 5. The molecule has 6 nitrogen and oxygen atoms in total. The number of ether oxygens (including phenoxy) is 1. The van der Waals surface area contributed by atoms with Gasteiger partial charge in [0.25, 0.3) is 0 Å². The van der Waals surface area contributed by atoms with Gasteiger partial charge in [-0.3, -0.25) is 9.59 Å². The molecule has 0 fully saturated rings. The van der Waals surface area contributed by atoms with E-state index >= 15 is 0 Å². The van der Waals surface area contributed by atoms with Crippen LogP contribution < -0.4 is 5.32 Å². The molecular weight excluding hydrogens is 827 g/mol. The maximum Gasteiger partial charge on any atom is 0.305 e. The molecule has 0 aliphatic heterocycles. The molecule has 0 heterocycles. The molecule has 0 aliphatic carbocycles. The van der Waals surface area contributed by atoms with Crippen LogP contribution in [0.3, 0.4) is 0 Å². The van der Waals surface area contributed by atoms with E-state index in [4.69, 9.17) is 4.74 Å². The zero-order valence-electron chi connectivity index (χ0n) is 45.4. The second-order valence-corrected chi connectivity index (χ2v) is 21.0. The first-order chi connectivity index (χ1) is 33.0. The summed E-state index contributed by atoms with van der Waals surface area (Å²) in [6, 6.07) is -0.542. The maximum absolute atomic E-state index is 12.5. The predicted octanol–water partition coefficient (Wildman–Crippen LogP) is 18.9. The Bertz CT molecular complexity index is 1000. The summed E-state index contributed by atoms with van der Waals surface area (Å²) in [4.78, 5) is 24.5. The molecule has 3 N–H and O–H groups in total. The highest BCUT2D eigenvalue weighted by atomic mass is 16.5. The molecule has 0 spiro atoms. The van der Waals surface area contributed by atoms with Gasteiger partial charge in [-0.15, -0.1) is 0 Å². The molecule has 0 aromatic rings. The summed E-state index contributed by atoms with van der Waals surface area (Å²) in [7, 11) is 0. The number of esters is 1. The summed E-state index contributed by atoms with van der Waals surface area (Å²) >= 11 is 0. The maximum atomic E-state index is 12.5. The number of rotatable bonds is 57. The first-order valence-corrected chi connectivity index (χ1v) is 30.4. The van der Waals surface area contributed by atoms with E-state index in [1.54, 1.807) is 0 Å². The van der Waals surface area contributed by atoms with Crippen LogP contribution in [0.1, 0.15) is 341 Å². The lowest BCUT2D eigenvalue weighted by molar-refractivity contribution is -0.143. The minimum Gasteiger partial charge on any atom is -0.466 e. The molecule has 0 aromatic heterocycles. The van der Waals surface area contributed by atoms with Gasteiger partial charge in [0.05, 0.1) is 25.4 Å². The second-order valence-electron chi connectivity index (χ2n) is 21.0. The third kappa shape index (κ3) is 53.8. The fraction of sp³-hybridized carbons (Fsp3) is 0.934. The third-order valence-corrected chi connectivity index (χ3v) is 14.3. The van der Waals surface area contributed by atoms with Gasteiger partial charge < -0.3 is 20.3 Å². The summed E-state index contributed by atoms with van der Waals surface area (Å²) < 4.78 is 5.47. The Morgan fingerprint density at radius 3 is 1.07 bits per heavy atom. The van der Waals surface area contributed by atoms with E-state index in [2.05, 4.69) is 31.3 Å². The minimum atomic E-state index is -0.665. The molecule has 0 aliphatic rings. The molecule has 0 saturated heterocycles. The average molecular weight is 947 g/mol. The van der Waals surface area contributed by atoms with Gasteiger partial charge in [0, 0.05) is 12.8 Å². The average Bonchev–Trinajstić information content (AvgIpc) is 3.33. The van der Waals surface area contributed by atoms with Gasteiger partial charge in [-0.2, -0.15) is 0 Å². The normalized spacial score (nSPS) is 12.6. The highest BCUT2D eigenvalue weighted by Crippen LogP contribution is 2.18. The summed E-state index contributed by atoms with van der Waals surface area (Å²) in [5, 5.41) is 23.3. The van der Waals surface area contributed by atoms with E-state index in [-0.39, 0.29) is 18.5 Å². The molecule has 0 radical (unpaired) electrons. The van der Waals surface area contributed by atoms with Crippen molar-refractivity contribution in [2.45, 2.75) is 353 Å². The van der Waals surface area contributed by atoms with E-state index in [1.165, 1.54) is 263 Å². The SMILES string of the molecule is CCCCCC/C=C\CCCCCCCC(=O)OCCCCCCCCCCCCCCCCCCCCCCC(=O)NC(CO)C(O)CCCCCCCCCCCCCCCCCCC. The Morgan fingerprint density at radius 2 is 0.701 bits per heavy atom. The summed E-state index contributed by atoms with van der Waals surface area (Å²) in [6.07, 6.45) is 67.8. The van der Waals surface area contributed by atoms with Crippen molar-refractivity contribution in [3.8, 4) is 0 Å². The van der Waals surface area contributed by atoms with Crippen LogP contribution in [-0.2, 0) is 14.3 Å². The molecule has 67 heavy (non-hydrogen) atoms. The Balaban J connectivity index is 3.39. The van der Waals surface area contributed by atoms with Crippen molar-refractivity contribution in [3.63, 3.8) is 0 Å². The Morgan fingerprint density at radius 1 is 0.403 bits per heavy atom. The van der Waals surface area contributed by atoms with Crippen molar-refractivity contribution in [1.29, 1.82) is 0 Å². The number of aliphatic hydroxyl groups is 2. The first kappa shape index (κ1) is 65.6. The van der Waals surface area contributed by atoms with Crippen LogP contribution in [0.4, 0.5) is 0 Å². The van der Waals surface area contributed by atoms with E-state index in [1.807, 2.05) is 0 Å². The molecular formula is C61H119NO5. The van der Waals surface area contributed by atoms with Gasteiger partial charge >= 0.3 is 5.97 Å². The number of hydrogen-bond donors (Lipinski definition) is 3. The molecule has 0 saturated carbocycles. The molecule has 1 amide bonds. The van der Waals surface area contributed by atoms with Gasteiger partial charge in [-0.25, -0.2) is 0 Å². The predicted molar refractivity (Wildman–Crippen MR) is 292 cm³/mol. The van der Waals surface area contributed by atoms with Crippen molar-refractivity contribution in [1.82, 2.24) is 5.32 Å². The van der Waals surface area contributed by atoms with Gasteiger partial charge in [-0.1, -0.05) is 289 Å². The summed E-state index contributed by atoms with van der Waals surface area (Å²) in [5.41, 5.74) is 0. The number of carbonyl (C=O) groups is 2. The van der Waals surface area contributed by atoms with Crippen LogP contribution in [0.2, 0.25) is 0 Å². The van der Waals surface area contributed by atoms with E-state index in [9.17, 15) is 19.8 Å². The highest BCUT2D eigenvalue weighted by molar-refractivity contribution is 5.76. The van der Waals surface area contributed by atoms with Crippen LogP contribution in [-0.4, -0.2) is 47.4 Å². The van der Waals surface area contributed by atoms with Crippen molar-refractivity contribution in [2.24, 2.45) is 0 Å². The van der Waals surface area contributed by atoms with Crippen molar-refractivity contribution in [2.75, 3.05) is 13.2 Å². The van der Waals surface area contributed by atoms with E-state index in [0.717, 1.165) is 44.9 Å². The summed E-state index contributed by atoms with van der Waals surface area (Å²) in [5.74, 6) is -0.0319. The first-order valence-electron chi connectivity index (χ1n) is 30.4. The van der Waals surface area contributed by atoms with Crippen LogP contribution >= 0.6 is 0 Å². The van der Waals surface area contributed by atoms with Crippen LogP contribution in [0.5, 0.6) is 0 Å². The topological polar surface area (TPSA) is 95.9 Å². The lowest BCUT2D eigenvalue weighted by Gasteiger charge is -2.22. The molecule has 0 rings (SSSR count). The van der Waals surface area contributed by atoms with E-state index < -0.39 is 12.1 Å². The number of amides is 1. The minimum absolute atomic E-state index is 0.00207. The van der Waals surface area contributed by atoms with Gasteiger partial charge in [-0.05, 0) is 51.4 Å². The largest absolute Gasteiger partial charge is 0.466 e. The molecule has 2 unspecified atom stereocenters. The Kier molecular flexibility index (Phi) is 56.0. The summed E-state index contributed by atoms with van der Waals surface area (Å²) in [6.45, 7) is 4.95. The monoisotopic (exact) mass is 946 g/mol. The van der Waals surface area contributed by atoms with Crippen LogP contribution in [0.15, 0.2) is 12.2 Å². The molecule has 0 bridgehead atoms. The van der Waals surface area contributed by atoms with E-state index in [0.29, 0.717) is 25.9 Å². The quantitative estimate of drug-likeness (QED) is 0.0321. The van der Waals surface area contributed by atoms with Gasteiger partial charge in [0.1, 0.15) is 0 Å². The second kappa shape index (κ2) is 57.2. The fourth-order valence-electron chi connectivity index (χ4n) is 9.64. The molecule has 2 atom stereocenters. The fourth-order valence-corrected chi connectivity index (χ4v) is 9.64. The van der Waals surface area contributed by atoms with Crippen LogP contribution in [0.25, 0.3) is 0 Å². The zero-order valence-corrected chi connectivity index (χ0v) is 45.4. The number of allylic oxidation sites excluding steroid dienone is 2. The van der Waals surface area contributed by atoms with Crippen molar-refractivity contribution in [3.05, 3.63) is 12.2 Å². The number of carbonyl (C=O) groups excluding carboxylic acids is 2. The van der Waals surface area contributed by atoms with Crippen molar-refractivity contribution < 1.29 is 24.5 Å². The Labute approximate surface area is 419 Å². The van der Waals surface area contributed by atoms with Crippen LogP contribution in [0, 0.1) is 0 Å². The smallest absolute Gasteiger partial charge is 0.305 e. The lowest BCUT2D eigenvalue weighted by atomic mass is 10.0. The number of aliphatic hydroxyl groups excluding tert-OH is 2.